The van der Waals surface area contributed by atoms with E-state index in [4.69, 9.17) is 5.73 Å². The molecule has 0 heterocycles. The summed E-state index contributed by atoms with van der Waals surface area (Å²) in [5.41, 5.74) is 5.62. The highest BCUT2D eigenvalue weighted by Gasteiger charge is 2.11. The molecule has 0 aliphatic heterocycles. The summed E-state index contributed by atoms with van der Waals surface area (Å²) in [6.45, 7) is 12.2. The first kappa shape index (κ1) is 14.9. The standard InChI is InChI=1S/C13H30N2/c1-11(2)10-15-9-5-6-13(7-8-14)12(3)4/h11-13,15H,5-10,14H2,1-4H3. The van der Waals surface area contributed by atoms with Gasteiger partial charge in [-0.05, 0) is 56.7 Å². The van der Waals surface area contributed by atoms with Crippen LogP contribution < -0.4 is 11.1 Å². The van der Waals surface area contributed by atoms with Crippen LogP contribution in [0.5, 0.6) is 0 Å². The molecule has 0 rings (SSSR count). The van der Waals surface area contributed by atoms with Crippen molar-refractivity contribution in [3.63, 3.8) is 0 Å². The van der Waals surface area contributed by atoms with Crippen molar-refractivity contribution in [2.24, 2.45) is 23.5 Å². The van der Waals surface area contributed by atoms with Gasteiger partial charge in [-0.3, -0.25) is 0 Å². The minimum atomic E-state index is 0.759. The first-order valence-electron chi connectivity index (χ1n) is 6.48. The zero-order chi connectivity index (χ0) is 11.7. The fourth-order valence-electron chi connectivity index (χ4n) is 1.91. The second-order valence-electron chi connectivity index (χ2n) is 5.32. The van der Waals surface area contributed by atoms with Crippen LogP contribution in [0.15, 0.2) is 0 Å². The number of nitrogens with two attached hydrogens (primary N) is 1. The molecule has 0 aromatic carbocycles. The van der Waals surface area contributed by atoms with Crippen LogP contribution in [0.3, 0.4) is 0 Å². The molecule has 2 heteroatoms. The fourth-order valence-corrected chi connectivity index (χ4v) is 1.91. The maximum atomic E-state index is 5.62. The van der Waals surface area contributed by atoms with Gasteiger partial charge in [0.15, 0.2) is 0 Å². The Kier molecular flexibility index (Phi) is 9.12. The minimum Gasteiger partial charge on any atom is -0.330 e. The lowest BCUT2D eigenvalue weighted by molar-refractivity contribution is 0.330. The summed E-state index contributed by atoms with van der Waals surface area (Å²) < 4.78 is 0. The Morgan fingerprint density at radius 3 is 2.20 bits per heavy atom. The predicted octanol–water partition coefficient (Wildman–Crippen LogP) is 2.63. The zero-order valence-electron chi connectivity index (χ0n) is 11.1. The van der Waals surface area contributed by atoms with Gasteiger partial charge in [0.25, 0.3) is 0 Å². The second kappa shape index (κ2) is 9.17. The first-order chi connectivity index (χ1) is 7.07. The lowest BCUT2D eigenvalue weighted by Crippen LogP contribution is -2.22. The van der Waals surface area contributed by atoms with Crippen molar-refractivity contribution in [1.82, 2.24) is 5.32 Å². The Morgan fingerprint density at radius 1 is 1.07 bits per heavy atom. The molecule has 3 N–H and O–H groups in total. The maximum absolute atomic E-state index is 5.62. The predicted molar refractivity (Wildman–Crippen MR) is 68.9 cm³/mol. The van der Waals surface area contributed by atoms with Gasteiger partial charge >= 0.3 is 0 Å². The topological polar surface area (TPSA) is 38.0 Å². The minimum absolute atomic E-state index is 0.759. The lowest BCUT2D eigenvalue weighted by atomic mass is 9.88. The molecule has 0 radical (unpaired) electrons. The smallest absolute Gasteiger partial charge is 0.00258 e. The summed E-state index contributed by atoms with van der Waals surface area (Å²) in [5, 5.41) is 3.49. The molecular weight excluding hydrogens is 184 g/mol. The Labute approximate surface area is 96.0 Å². The van der Waals surface area contributed by atoms with Crippen LogP contribution in [0.4, 0.5) is 0 Å². The average Bonchev–Trinajstić information content (AvgIpc) is 2.15. The third kappa shape index (κ3) is 8.88. The van der Waals surface area contributed by atoms with Gasteiger partial charge in [0.05, 0.1) is 0 Å². The van der Waals surface area contributed by atoms with Crippen molar-refractivity contribution in [1.29, 1.82) is 0 Å². The van der Waals surface area contributed by atoms with E-state index in [2.05, 4.69) is 33.0 Å². The van der Waals surface area contributed by atoms with E-state index in [1.54, 1.807) is 0 Å². The third-order valence-electron chi connectivity index (χ3n) is 2.96. The molecule has 0 spiro atoms. The Morgan fingerprint density at radius 2 is 1.73 bits per heavy atom. The zero-order valence-corrected chi connectivity index (χ0v) is 11.1. The molecule has 92 valence electrons. The summed E-state index contributed by atoms with van der Waals surface area (Å²) in [6.07, 6.45) is 3.79. The summed E-state index contributed by atoms with van der Waals surface area (Å²) >= 11 is 0. The first-order valence-corrected chi connectivity index (χ1v) is 6.48. The van der Waals surface area contributed by atoms with E-state index in [1.807, 2.05) is 0 Å². The van der Waals surface area contributed by atoms with Crippen LogP contribution in [0.2, 0.25) is 0 Å². The molecule has 0 bridgehead atoms. The number of rotatable bonds is 9. The largest absolute Gasteiger partial charge is 0.330 e. The molecule has 1 atom stereocenters. The Balaban J connectivity index is 3.45. The van der Waals surface area contributed by atoms with Crippen molar-refractivity contribution < 1.29 is 0 Å². The number of hydrogen-bond donors (Lipinski definition) is 2. The molecule has 0 amide bonds. The van der Waals surface area contributed by atoms with Crippen LogP contribution in [0, 0.1) is 17.8 Å². The number of nitrogens with one attached hydrogen (secondary N) is 1. The van der Waals surface area contributed by atoms with Crippen molar-refractivity contribution >= 4 is 0 Å². The van der Waals surface area contributed by atoms with Gasteiger partial charge in [0, 0.05) is 0 Å². The molecule has 2 nitrogen and oxygen atoms in total. The molecule has 0 aromatic heterocycles. The summed E-state index contributed by atoms with van der Waals surface area (Å²) in [6, 6.07) is 0. The van der Waals surface area contributed by atoms with E-state index in [1.165, 1.54) is 19.3 Å². The van der Waals surface area contributed by atoms with Gasteiger partial charge in [-0.25, -0.2) is 0 Å². The highest BCUT2D eigenvalue weighted by Crippen LogP contribution is 2.19. The van der Waals surface area contributed by atoms with E-state index in [0.717, 1.165) is 37.4 Å². The van der Waals surface area contributed by atoms with Gasteiger partial charge in [-0.1, -0.05) is 27.7 Å². The summed E-state index contributed by atoms with van der Waals surface area (Å²) in [7, 11) is 0. The normalized spacial score (nSPS) is 13.8. The maximum Gasteiger partial charge on any atom is -0.00258 e. The molecule has 0 saturated heterocycles. The van der Waals surface area contributed by atoms with Crippen molar-refractivity contribution in [2.75, 3.05) is 19.6 Å². The Hall–Kier alpha value is -0.0800. The van der Waals surface area contributed by atoms with Gasteiger partial charge in [-0.2, -0.15) is 0 Å². The molecule has 0 fully saturated rings. The monoisotopic (exact) mass is 214 g/mol. The highest BCUT2D eigenvalue weighted by molar-refractivity contribution is 4.64. The van der Waals surface area contributed by atoms with Crippen LogP contribution >= 0.6 is 0 Å². The van der Waals surface area contributed by atoms with E-state index in [-0.39, 0.29) is 0 Å². The van der Waals surface area contributed by atoms with Crippen LogP contribution in [0.1, 0.15) is 47.0 Å². The molecule has 0 aromatic rings. The fraction of sp³-hybridized carbons (Fsp3) is 1.00. The van der Waals surface area contributed by atoms with Gasteiger partial charge in [-0.15, -0.1) is 0 Å². The SMILES string of the molecule is CC(C)CNCCCC(CCN)C(C)C. The van der Waals surface area contributed by atoms with Crippen molar-refractivity contribution in [2.45, 2.75) is 47.0 Å². The molecule has 0 saturated carbocycles. The molecule has 15 heavy (non-hydrogen) atoms. The quantitative estimate of drug-likeness (QED) is 0.579. The van der Waals surface area contributed by atoms with Crippen LogP contribution in [0.25, 0.3) is 0 Å². The van der Waals surface area contributed by atoms with Crippen molar-refractivity contribution in [3.8, 4) is 0 Å². The van der Waals surface area contributed by atoms with Crippen molar-refractivity contribution in [3.05, 3.63) is 0 Å². The van der Waals surface area contributed by atoms with E-state index < -0.39 is 0 Å². The molecule has 0 aliphatic rings. The average molecular weight is 214 g/mol. The van der Waals surface area contributed by atoms with E-state index in [0.29, 0.717) is 0 Å². The number of hydrogen-bond acceptors (Lipinski definition) is 2. The molecule has 0 aliphatic carbocycles. The second-order valence-corrected chi connectivity index (χ2v) is 5.32. The molecule has 1 unspecified atom stereocenters. The summed E-state index contributed by atoms with van der Waals surface area (Å²) in [4.78, 5) is 0. The summed E-state index contributed by atoms with van der Waals surface area (Å²) in [5.74, 6) is 2.35. The van der Waals surface area contributed by atoms with E-state index in [9.17, 15) is 0 Å². The molecular formula is C13H30N2. The Bertz CT molecular complexity index is 132. The van der Waals surface area contributed by atoms with Gasteiger partial charge < -0.3 is 11.1 Å². The van der Waals surface area contributed by atoms with Crippen LogP contribution in [-0.2, 0) is 0 Å². The van der Waals surface area contributed by atoms with Crippen LogP contribution in [-0.4, -0.2) is 19.6 Å². The van der Waals surface area contributed by atoms with Gasteiger partial charge in [0.2, 0.25) is 0 Å². The lowest BCUT2D eigenvalue weighted by Gasteiger charge is -2.20. The third-order valence-corrected chi connectivity index (χ3v) is 2.96. The van der Waals surface area contributed by atoms with E-state index >= 15 is 0 Å². The highest BCUT2D eigenvalue weighted by atomic mass is 14.8. The van der Waals surface area contributed by atoms with Gasteiger partial charge in [0.1, 0.15) is 0 Å².